The molecule has 0 bridgehead atoms. The quantitative estimate of drug-likeness (QED) is 0.339. The SMILES string of the molecule is Cc1ccnc(NC(c2ccc(Cl)cc2)c2c(NC(=O)c3ccco3)sc(C)c2C)c1. The van der Waals surface area contributed by atoms with Gasteiger partial charge >= 0.3 is 0 Å². The van der Waals surface area contributed by atoms with E-state index in [1.807, 2.05) is 43.3 Å². The zero-order valence-corrected chi connectivity index (χ0v) is 19.0. The van der Waals surface area contributed by atoms with Gasteiger partial charge in [-0.2, -0.15) is 0 Å². The van der Waals surface area contributed by atoms with E-state index in [1.165, 1.54) is 6.26 Å². The fourth-order valence-electron chi connectivity index (χ4n) is 3.40. The second kappa shape index (κ2) is 8.96. The number of benzene rings is 1. The van der Waals surface area contributed by atoms with Crippen molar-refractivity contribution in [3.05, 3.63) is 98.9 Å². The number of amides is 1. The molecule has 0 aliphatic carbocycles. The van der Waals surface area contributed by atoms with E-state index in [1.54, 1.807) is 29.7 Å². The molecule has 2 N–H and O–H groups in total. The molecule has 7 heteroatoms. The summed E-state index contributed by atoms with van der Waals surface area (Å²) in [6.45, 7) is 6.15. The first-order valence-electron chi connectivity index (χ1n) is 9.82. The van der Waals surface area contributed by atoms with Gasteiger partial charge in [0.05, 0.1) is 12.3 Å². The standard InChI is InChI=1S/C24H22ClN3O2S/c1-14-10-11-26-20(13-14)27-22(17-6-8-18(25)9-7-17)21-15(2)16(3)31-24(21)28-23(29)19-5-4-12-30-19/h4-13,22H,1-3H3,(H,26,27)(H,28,29). The Labute approximate surface area is 190 Å². The summed E-state index contributed by atoms with van der Waals surface area (Å²) < 4.78 is 5.26. The topological polar surface area (TPSA) is 67.2 Å². The van der Waals surface area contributed by atoms with Crippen molar-refractivity contribution in [2.75, 3.05) is 10.6 Å². The Balaban J connectivity index is 1.78. The maximum absolute atomic E-state index is 12.7. The van der Waals surface area contributed by atoms with Crippen LogP contribution < -0.4 is 10.6 Å². The lowest BCUT2D eigenvalue weighted by Crippen LogP contribution is -2.17. The Bertz CT molecular complexity index is 1200. The minimum Gasteiger partial charge on any atom is -0.459 e. The largest absolute Gasteiger partial charge is 0.459 e. The molecule has 0 fully saturated rings. The van der Waals surface area contributed by atoms with E-state index in [9.17, 15) is 4.79 Å². The van der Waals surface area contributed by atoms with Crippen LogP contribution in [0.25, 0.3) is 0 Å². The number of nitrogens with zero attached hydrogens (tertiary/aromatic N) is 1. The van der Waals surface area contributed by atoms with Gasteiger partial charge in [0.25, 0.3) is 5.91 Å². The predicted molar refractivity (Wildman–Crippen MR) is 126 cm³/mol. The molecule has 31 heavy (non-hydrogen) atoms. The Morgan fingerprint density at radius 2 is 1.90 bits per heavy atom. The molecule has 3 aromatic heterocycles. The summed E-state index contributed by atoms with van der Waals surface area (Å²) in [4.78, 5) is 18.3. The van der Waals surface area contributed by atoms with Crippen molar-refractivity contribution in [2.45, 2.75) is 26.8 Å². The van der Waals surface area contributed by atoms with Gasteiger partial charge in [-0.05, 0) is 73.9 Å². The van der Waals surface area contributed by atoms with Gasteiger partial charge in [-0.15, -0.1) is 11.3 Å². The van der Waals surface area contributed by atoms with Gasteiger partial charge in [-0.3, -0.25) is 4.79 Å². The smallest absolute Gasteiger partial charge is 0.291 e. The van der Waals surface area contributed by atoms with Gasteiger partial charge in [0.15, 0.2) is 5.76 Å². The van der Waals surface area contributed by atoms with Gasteiger partial charge in [-0.1, -0.05) is 23.7 Å². The number of carbonyl (C=O) groups excluding carboxylic acids is 1. The second-order valence-corrected chi connectivity index (χ2v) is 8.97. The molecule has 0 radical (unpaired) electrons. The van der Waals surface area contributed by atoms with Gasteiger partial charge in [0, 0.05) is 21.7 Å². The number of carbonyl (C=O) groups is 1. The molecule has 1 atom stereocenters. The first-order valence-corrected chi connectivity index (χ1v) is 11.0. The van der Waals surface area contributed by atoms with E-state index >= 15 is 0 Å². The van der Waals surface area contributed by atoms with Crippen molar-refractivity contribution in [3.8, 4) is 0 Å². The van der Waals surface area contributed by atoms with Gasteiger partial charge in [-0.25, -0.2) is 4.98 Å². The van der Waals surface area contributed by atoms with E-state index < -0.39 is 0 Å². The number of furan rings is 1. The van der Waals surface area contributed by atoms with Crippen LogP contribution >= 0.6 is 22.9 Å². The fourth-order valence-corrected chi connectivity index (χ4v) is 4.62. The average Bonchev–Trinajstić information content (AvgIpc) is 3.37. The highest BCUT2D eigenvalue weighted by Crippen LogP contribution is 2.41. The normalized spacial score (nSPS) is 11.9. The van der Waals surface area contributed by atoms with Crippen LogP contribution in [0.2, 0.25) is 5.02 Å². The van der Waals surface area contributed by atoms with Crippen LogP contribution in [0.1, 0.15) is 43.7 Å². The Morgan fingerprint density at radius 1 is 1.13 bits per heavy atom. The summed E-state index contributed by atoms with van der Waals surface area (Å²) in [5.74, 6) is 0.744. The number of anilines is 2. The first-order chi connectivity index (χ1) is 14.9. The molecule has 1 amide bonds. The highest BCUT2D eigenvalue weighted by atomic mass is 35.5. The highest BCUT2D eigenvalue weighted by molar-refractivity contribution is 7.16. The number of thiophene rings is 1. The summed E-state index contributed by atoms with van der Waals surface area (Å²) in [7, 11) is 0. The van der Waals surface area contributed by atoms with E-state index in [0.29, 0.717) is 5.02 Å². The molecular weight excluding hydrogens is 430 g/mol. The Morgan fingerprint density at radius 3 is 2.58 bits per heavy atom. The average molecular weight is 452 g/mol. The third-order valence-electron chi connectivity index (χ3n) is 5.10. The van der Waals surface area contributed by atoms with Crippen LogP contribution in [-0.2, 0) is 0 Å². The number of nitrogens with one attached hydrogen (secondary N) is 2. The molecular formula is C24H22ClN3O2S. The molecule has 3 heterocycles. The van der Waals surface area contributed by atoms with Crippen LogP contribution in [0.5, 0.6) is 0 Å². The molecule has 0 saturated heterocycles. The van der Waals surface area contributed by atoms with E-state index in [-0.39, 0.29) is 17.7 Å². The summed E-state index contributed by atoms with van der Waals surface area (Å²) in [5.41, 5.74) is 4.23. The van der Waals surface area contributed by atoms with Gasteiger partial charge < -0.3 is 15.1 Å². The van der Waals surface area contributed by atoms with E-state index in [2.05, 4.69) is 29.5 Å². The monoisotopic (exact) mass is 451 g/mol. The summed E-state index contributed by atoms with van der Waals surface area (Å²) in [6, 6.07) is 14.8. The Hall–Kier alpha value is -3.09. The lowest BCUT2D eigenvalue weighted by Gasteiger charge is -2.22. The summed E-state index contributed by atoms with van der Waals surface area (Å²) in [5, 5.41) is 8.03. The van der Waals surface area contributed by atoms with Crippen LogP contribution in [-0.4, -0.2) is 10.9 Å². The van der Waals surface area contributed by atoms with Gasteiger partial charge in [0.1, 0.15) is 10.8 Å². The summed E-state index contributed by atoms with van der Waals surface area (Å²) in [6.07, 6.45) is 3.27. The zero-order chi connectivity index (χ0) is 22.0. The van der Waals surface area contributed by atoms with Crippen molar-refractivity contribution in [3.63, 3.8) is 0 Å². The van der Waals surface area contributed by atoms with Crippen LogP contribution in [0.15, 0.2) is 65.4 Å². The van der Waals surface area contributed by atoms with Crippen LogP contribution in [0.4, 0.5) is 10.8 Å². The minimum absolute atomic E-state index is 0.233. The van der Waals surface area contributed by atoms with Crippen molar-refractivity contribution in [1.82, 2.24) is 4.98 Å². The molecule has 4 aromatic rings. The van der Waals surface area contributed by atoms with Crippen LogP contribution in [0.3, 0.4) is 0 Å². The predicted octanol–water partition coefficient (Wildman–Crippen LogP) is 6.77. The minimum atomic E-state index is -0.281. The molecule has 158 valence electrons. The Kier molecular flexibility index (Phi) is 6.11. The maximum atomic E-state index is 12.7. The van der Waals surface area contributed by atoms with Crippen molar-refractivity contribution in [2.24, 2.45) is 0 Å². The lowest BCUT2D eigenvalue weighted by molar-refractivity contribution is 0.0997. The molecule has 5 nitrogen and oxygen atoms in total. The number of hydrogen-bond donors (Lipinski definition) is 2. The number of aromatic nitrogens is 1. The van der Waals surface area contributed by atoms with Gasteiger partial charge in [0.2, 0.25) is 0 Å². The molecule has 0 aliphatic heterocycles. The molecule has 1 unspecified atom stereocenters. The number of halogens is 1. The third kappa shape index (κ3) is 4.65. The number of aryl methyl sites for hydroxylation is 2. The van der Waals surface area contributed by atoms with E-state index in [0.717, 1.165) is 37.9 Å². The second-order valence-electron chi connectivity index (χ2n) is 7.30. The maximum Gasteiger partial charge on any atom is 0.291 e. The fraction of sp³-hybridized carbons (Fsp3) is 0.167. The lowest BCUT2D eigenvalue weighted by atomic mass is 9.96. The van der Waals surface area contributed by atoms with Crippen LogP contribution in [0, 0.1) is 20.8 Å². The number of pyridine rings is 1. The van der Waals surface area contributed by atoms with Crippen molar-refractivity contribution in [1.29, 1.82) is 0 Å². The third-order valence-corrected chi connectivity index (χ3v) is 6.49. The molecule has 0 spiro atoms. The molecule has 1 aromatic carbocycles. The number of rotatable bonds is 6. The molecule has 0 aliphatic rings. The highest BCUT2D eigenvalue weighted by Gasteiger charge is 2.25. The summed E-state index contributed by atoms with van der Waals surface area (Å²) >= 11 is 7.68. The first kappa shape index (κ1) is 21.2. The molecule has 0 saturated carbocycles. The molecule has 4 rings (SSSR count). The van der Waals surface area contributed by atoms with E-state index in [4.69, 9.17) is 16.0 Å². The number of hydrogen-bond acceptors (Lipinski definition) is 5. The van der Waals surface area contributed by atoms with Crippen molar-refractivity contribution < 1.29 is 9.21 Å². The van der Waals surface area contributed by atoms with Crippen molar-refractivity contribution >= 4 is 39.7 Å². The zero-order valence-electron chi connectivity index (χ0n) is 17.4.